The summed E-state index contributed by atoms with van der Waals surface area (Å²) in [5.74, 6) is -0.118. The second kappa shape index (κ2) is 9.11. The lowest BCUT2D eigenvalue weighted by Gasteiger charge is -2.11. The van der Waals surface area contributed by atoms with Crippen molar-refractivity contribution < 1.29 is 9.18 Å². The Morgan fingerprint density at radius 2 is 1.67 bits per heavy atom. The molecule has 0 radical (unpaired) electrons. The average molecular weight is 439 g/mol. The number of hydrogen-bond donors (Lipinski definition) is 1. The van der Waals surface area contributed by atoms with Crippen LogP contribution in [0.25, 0.3) is 17.1 Å². The topological polar surface area (TPSA) is 59.8 Å². The van der Waals surface area contributed by atoms with Crippen LogP contribution in [-0.2, 0) is 4.79 Å². The zero-order chi connectivity index (χ0) is 20.9. The van der Waals surface area contributed by atoms with Crippen molar-refractivity contribution in [1.29, 1.82) is 0 Å². The third kappa shape index (κ3) is 4.53. The number of nitrogens with zero attached hydrogens (tertiary/aromatic N) is 3. The smallest absolute Gasteiger partial charge is 0.234 e. The van der Waals surface area contributed by atoms with Crippen molar-refractivity contribution in [1.82, 2.24) is 14.8 Å². The molecule has 0 atom stereocenters. The van der Waals surface area contributed by atoms with Crippen LogP contribution < -0.4 is 5.32 Å². The summed E-state index contributed by atoms with van der Waals surface area (Å²) in [6.07, 6.45) is 0. The van der Waals surface area contributed by atoms with E-state index in [0.717, 1.165) is 11.3 Å². The maximum absolute atomic E-state index is 13.8. The Morgan fingerprint density at radius 1 is 0.967 bits per heavy atom. The van der Waals surface area contributed by atoms with Crippen LogP contribution in [0.5, 0.6) is 0 Å². The SMILES string of the molecule is O=C(CSc1nnc(-c2ccccc2)n1-c1ccc(Cl)cc1)Nc1ccccc1F. The first-order chi connectivity index (χ1) is 14.6. The highest BCUT2D eigenvalue weighted by atomic mass is 35.5. The summed E-state index contributed by atoms with van der Waals surface area (Å²) in [7, 11) is 0. The fraction of sp³-hybridized carbons (Fsp3) is 0.0455. The molecule has 1 aromatic heterocycles. The molecule has 0 saturated heterocycles. The molecule has 8 heteroatoms. The molecule has 5 nitrogen and oxygen atoms in total. The lowest BCUT2D eigenvalue weighted by atomic mass is 10.2. The number of benzene rings is 3. The highest BCUT2D eigenvalue weighted by Crippen LogP contribution is 2.28. The van der Waals surface area contributed by atoms with Gasteiger partial charge in [0.1, 0.15) is 5.82 Å². The summed E-state index contributed by atoms with van der Waals surface area (Å²) < 4.78 is 15.6. The molecule has 1 heterocycles. The van der Waals surface area contributed by atoms with Crippen LogP contribution in [0.1, 0.15) is 0 Å². The van der Waals surface area contributed by atoms with Gasteiger partial charge in [-0.2, -0.15) is 0 Å². The number of halogens is 2. The third-order valence-electron chi connectivity index (χ3n) is 4.23. The first-order valence-electron chi connectivity index (χ1n) is 9.06. The van der Waals surface area contributed by atoms with Crippen molar-refractivity contribution in [2.45, 2.75) is 5.16 Å². The van der Waals surface area contributed by atoms with Gasteiger partial charge in [0.2, 0.25) is 5.91 Å². The maximum Gasteiger partial charge on any atom is 0.234 e. The quantitative estimate of drug-likeness (QED) is 0.406. The van der Waals surface area contributed by atoms with Gasteiger partial charge in [-0.3, -0.25) is 9.36 Å². The first kappa shape index (κ1) is 20.1. The van der Waals surface area contributed by atoms with E-state index in [2.05, 4.69) is 15.5 Å². The van der Waals surface area contributed by atoms with Crippen LogP contribution in [-0.4, -0.2) is 26.4 Å². The van der Waals surface area contributed by atoms with Crippen molar-refractivity contribution in [3.8, 4) is 17.1 Å². The molecular weight excluding hydrogens is 423 g/mol. The Bertz CT molecular complexity index is 1170. The molecular formula is C22H16ClFN4OS. The number of hydrogen-bond acceptors (Lipinski definition) is 4. The Balaban J connectivity index is 1.60. The number of rotatable bonds is 6. The van der Waals surface area contributed by atoms with Crippen LogP contribution in [0.3, 0.4) is 0 Å². The van der Waals surface area contributed by atoms with Crippen molar-refractivity contribution in [2.75, 3.05) is 11.1 Å². The van der Waals surface area contributed by atoms with Crippen LogP contribution >= 0.6 is 23.4 Å². The van der Waals surface area contributed by atoms with Gasteiger partial charge in [0.25, 0.3) is 0 Å². The van der Waals surface area contributed by atoms with E-state index in [-0.39, 0.29) is 17.3 Å². The largest absolute Gasteiger partial charge is 0.323 e. The molecule has 4 rings (SSSR count). The lowest BCUT2D eigenvalue weighted by Crippen LogP contribution is -2.15. The first-order valence-corrected chi connectivity index (χ1v) is 10.4. The molecule has 30 heavy (non-hydrogen) atoms. The number of para-hydroxylation sites is 1. The minimum absolute atomic E-state index is 0.0504. The maximum atomic E-state index is 13.8. The van der Waals surface area contributed by atoms with Crippen molar-refractivity contribution in [3.05, 3.63) is 89.7 Å². The Morgan fingerprint density at radius 3 is 2.40 bits per heavy atom. The van der Waals surface area contributed by atoms with E-state index < -0.39 is 5.82 Å². The van der Waals surface area contributed by atoms with Crippen molar-refractivity contribution in [3.63, 3.8) is 0 Å². The van der Waals surface area contributed by atoms with Gasteiger partial charge >= 0.3 is 0 Å². The van der Waals surface area contributed by atoms with Gasteiger partial charge in [0.05, 0.1) is 11.4 Å². The van der Waals surface area contributed by atoms with Gasteiger partial charge in [-0.05, 0) is 36.4 Å². The summed E-state index contributed by atoms with van der Waals surface area (Å²) >= 11 is 7.25. The molecule has 0 aliphatic rings. The van der Waals surface area contributed by atoms with Gasteiger partial charge in [-0.25, -0.2) is 4.39 Å². The van der Waals surface area contributed by atoms with Gasteiger partial charge in [0, 0.05) is 16.3 Å². The molecule has 1 amide bonds. The van der Waals surface area contributed by atoms with E-state index in [1.54, 1.807) is 24.3 Å². The second-order valence-electron chi connectivity index (χ2n) is 6.30. The molecule has 0 unspecified atom stereocenters. The number of nitrogens with one attached hydrogen (secondary N) is 1. The highest BCUT2D eigenvalue weighted by Gasteiger charge is 2.17. The van der Waals surface area contributed by atoms with E-state index in [4.69, 9.17) is 11.6 Å². The summed E-state index contributed by atoms with van der Waals surface area (Å²) in [6.45, 7) is 0. The molecule has 0 saturated carbocycles. The summed E-state index contributed by atoms with van der Waals surface area (Å²) in [4.78, 5) is 12.3. The standard InChI is InChI=1S/C22H16ClFN4OS/c23-16-10-12-17(13-11-16)28-21(15-6-2-1-3-7-15)26-27-22(28)30-14-20(29)25-19-9-5-4-8-18(19)24/h1-13H,14H2,(H,25,29). The highest BCUT2D eigenvalue weighted by molar-refractivity contribution is 7.99. The molecule has 0 spiro atoms. The van der Waals surface area contributed by atoms with E-state index >= 15 is 0 Å². The van der Waals surface area contributed by atoms with Gasteiger partial charge in [-0.15, -0.1) is 10.2 Å². The number of thioether (sulfide) groups is 1. The summed E-state index contributed by atoms with van der Waals surface area (Å²) in [6, 6.07) is 23.0. The normalized spacial score (nSPS) is 10.7. The number of carbonyl (C=O) groups is 1. The number of amides is 1. The van der Waals surface area contributed by atoms with Gasteiger partial charge < -0.3 is 5.32 Å². The molecule has 0 aliphatic carbocycles. The average Bonchev–Trinajstić information content (AvgIpc) is 3.19. The number of aromatic nitrogens is 3. The minimum atomic E-state index is -0.480. The monoisotopic (exact) mass is 438 g/mol. The van der Waals surface area contributed by atoms with Crippen LogP contribution in [0, 0.1) is 5.82 Å². The fourth-order valence-corrected chi connectivity index (χ4v) is 3.72. The van der Waals surface area contributed by atoms with Crippen molar-refractivity contribution in [2.24, 2.45) is 0 Å². The van der Waals surface area contributed by atoms with Gasteiger partial charge in [0.15, 0.2) is 11.0 Å². The molecule has 3 aromatic carbocycles. The number of anilines is 1. The molecule has 150 valence electrons. The lowest BCUT2D eigenvalue weighted by molar-refractivity contribution is -0.113. The Labute approximate surface area is 181 Å². The number of carbonyl (C=O) groups excluding carboxylic acids is 1. The van der Waals surface area contributed by atoms with Gasteiger partial charge in [-0.1, -0.05) is 65.8 Å². The molecule has 0 aliphatic heterocycles. The second-order valence-corrected chi connectivity index (χ2v) is 7.68. The fourth-order valence-electron chi connectivity index (χ4n) is 2.84. The van der Waals surface area contributed by atoms with E-state index in [1.165, 1.54) is 23.9 Å². The van der Waals surface area contributed by atoms with Crippen LogP contribution in [0.15, 0.2) is 84.0 Å². The Kier molecular flexibility index (Phi) is 6.11. The van der Waals surface area contributed by atoms with E-state index in [1.807, 2.05) is 47.0 Å². The summed E-state index contributed by atoms with van der Waals surface area (Å²) in [5, 5.41) is 12.3. The predicted molar refractivity (Wildman–Crippen MR) is 118 cm³/mol. The zero-order valence-corrected chi connectivity index (χ0v) is 17.2. The molecule has 1 N–H and O–H groups in total. The molecule has 0 fully saturated rings. The minimum Gasteiger partial charge on any atom is -0.323 e. The predicted octanol–water partition coefficient (Wildman–Crippen LogP) is 5.46. The van der Waals surface area contributed by atoms with E-state index in [9.17, 15) is 9.18 Å². The molecule has 0 bridgehead atoms. The van der Waals surface area contributed by atoms with Crippen LogP contribution in [0.2, 0.25) is 5.02 Å². The zero-order valence-electron chi connectivity index (χ0n) is 15.6. The van der Waals surface area contributed by atoms with Crippen LogP contribution in [0.4, 0.5) is 10.1 Å². The van der Waals surface area contributed by atoms with E-state index in [0.29, 0.717) is 16.0 Å². The van der Waals surface area contributed by atoms with Crippen molar-refractivity contribution >= 4 is 35.0 Å². The third-order valence-corrected chi connectivity index (χ3v) is 5.41. The summed E-state index contributed by atoms with van der Waals surface area (Å²) in [5.41, 5.74) is 1.86. The molecule has 4 aromatic rings. The Hall–Kier alpha value is -3.16.